The van der Waals surface area contributed by atoms with Crippen LogP contribution in [0.1, 0.15) is 0 Å². The van der Waals surface area contributed by atoms with Crippen molar-refractivity contribution >= 4 is 0 Å². The van der Waals surface area contributed by atoms with E-state index in [0.717, 1.165) is 0 Å². The van der Waals surface area contributed by atoms with E-state index in [1.807, 2.05) is 0 Å². The van der Waals surface area contributed by atoms with Gasteiger partial charge in [-0.1, -0.05) is 11.2 Å². The molecule has 2 aliphatic rings. The van der Waals surface area contributed by atoms with Crippen molar-refractivity contribution in [3.05, 3.63) is 23.1 Å². The average Bonchev–Trinajstić information content (AvgIpc) is 2.72. The van der Waals surface area contributed by atoms with E-state index in [2.05, 4.69) is 16.6 Å². The van der Waals surface area contributed by atoms with Crippen molar-refractivity contribution in [2.45, 2.75) is 30.6 Å². The van der Waals surface area contributed by atoms with Crippen molar-refractivity contribution in [2.24, 2.45) is 5.11 Å². The molecular formula is C9H13N3O4. The Morgan fingerprint density at radius 2 is 2.50 bits per heavy atom. The predicted octanol–water partition coefficient (Wildman–Crippen LogP) is 0.352. The number of ether oxygens (including phenoxy) is 3. The average molecular weight is 227 g/mol. The number of nitrogens with zero attached hydrogens (tertiary/aromatic N) is 3. The maximum atomic E-state index is 9.93. The minimum absolute atomic E-state index is 0.276. The molecule has 0 amide bonds. The predicted molar refractivity (Wildman–Crippen MR) is 53.5 cm³/mol. The summed E-state index contributed by atoms with van der Waals surface area (Å²) in [5.74, 6) is 0. The summed E-state index contributed by atoms with van der Waals surface area (Å²) in [6.07, 6.45) is -0.934. The van der Waals surface area contributed by atoms with E-state index in [1.54, 1.807) is 6.08 Å². The molecule has 0 aromatic carbocycles. The van der Waals surface area contributed by atoms with E-state index in [0.29, 0.717) is 0 Å². The number of aliphatic hydroxyl groups excluding tert-OH is 1. The molecule has 0 aliphatic carbocycles. The first-order valence-corrected chi connectivity index (χ1v) is 4.99. The van der Waals surface area contributed by atoms with Crippen LogP contribution in [0.3, 0.4) is 0 Å². The van der Waals surface area contributed by atoms with Gasteiger partial charge in [0.1, 0.15) is 18.2 Å². The molecule has 7 heteroatoms. The zero-order chi connectivity index (χ0) is 11.5. The molecule has 0 aromatic rings. The van der Waals surface area contributed by atoms with Crippen LogP contribution in [-0.4, -0.2) is 49.0 Å². The van der Waals surface area contributed by atoms with Crippen LogP contribution in [0.15, 0.2) is 17.8 Å². The van der Waals surface area contributed by atoms with Gasteiger partial charge in [0.05, 0.1) is 19.3 Å². The summed E-state index contributed by atoms with van der Waals surface area (Å²) in [7, 11) is 0. The molecule has 2 aliphatic heterocycles. The summed E-state index contributed by atoms with van der Waals surface area (Å²) in [6.45, 7) is 4.09. The molecule has 16 heavy (non-hydrogen) atoms. The molecule has 88 valence electrons. The van der Waals surface area contributed by atoms with Gasteiger partial charge in [-0.15, -0.1) is 6.58 Å². The minimum Gasteiger partial charge on any atom is -0.388 e. The number of hydrogen-bond donors (Lipinski definition) is 1. The Kier molecular flexibility index (Phi) is 3.42. The molecule has 0 spiro atoms. The highest BCUT2D eigenvalue weighted by Gasteiger charge is 2.50. The van der Waals surface area contributed by atoms with E-state index in [-0.39, 0.29) is 13.2 Å². The number of aliphatic hydroxyl groups is 1. The van der Waals surface area contributed by atoms with E-state index in [4.69, 9.17) is 19.7 Å². The Balaban J connectivity index is 2.15. The standard InChI is InChI=1S/C9H13N3O4/c1-2-3-14-8-6(11-12-10)9-15-4-5(16-9)7(8)13/h2,5-9,13H,1,3-4H2/t5-,6-,7-,8-,9-/m1/s1. The third-order valence-corrected chi connectivity index (χ3v) is 2.66. The van der Waals surface area contributed by atoms with Gasteiger partial charge >= 0.3 is 0 Å². The molecule has 0 unspecified atom stereocenters. The highest BCUT2D eigenvalue weighted by molar-refractivity contribution is 4.98. The van der Waals surface area contributed by atoms with Crippen molar-refractivity contribution in [1.82, 2.24) is 0 Å². The van der Waals surface area contributed by atoms with E-state index in [9.17, 15) is 5.11 Å². The molecule has 2 rings (SSSR count). The molecule has 7 nitrogen and oxygen atoms in total. The largest absolute Gasteiger partial charge is 0.388 e. The lowest BCUT2D eigenvalue weighted by molar-refractivity contribution is -0.189. The second-order valence-corrected chi connectivity index (χ2v) is 3.65. The zero-order valence-corrected chi connectivity index (χ0v) is 8.60. The van der Waals surface area contributed by atoms with Gasteiger partial charge in [0.15, 0.2) is 6.29 Å². The molecule has 2 saturated heterocycles. The number of rotatable bonds is 4. The number of hydrogen-bond acceptors (Lipinski definition) is 5. The van der Waals surface area contributed by atoms with Gasteiger partial charge in [-0.2, -0.15) is 0 Å². The lowest BCUT2D eigenvalue weighted by Crippen LogP contribution is -2.54. The Morgan fingerprint density at radius 3 is 3.19 bits per heavy atom. The van der Waals surface area contributed by atoms with Gasteiger partial charge in [-0.25, -0.2) is 0 Å². The Bertz CT molecular complexity index is 318. The number of azide groups is 1. The number of fused-ring (bicyclic) bond motifs is 2. The molecular weight excluding hydrogens is 214 g/mol. The summed E-state index contributed by atoms with van der Waals surface area (Å²) in [6, 6.07) is -0.668. The van der Waals surface area contributed by atoms with Gasteiger partial charge in [0.25, 0.3) is 0 Å². The normalized spacial score (nSPS) is 41.4. The summed E-state index contributed by atoms with van der Waals surface area (Å²) < 4.78 is 16.0. The maximum absolute atomic E-state index is 9.93. The lowest BCUT2D eigenvalue weighted by atomic mass is 9.99. The summed E-state index contributed by atoms with van der Waals surface area (Å²) >= 11 is 0. The molecule has 5 atom stereocenters. The van der Waals surface area contributed by atoms with Crippen LogP contribution < -0.4 is 0 Å². The lowest BCUT2D eigenvalue weighted by Gasteiger charge is -2.35. The fraction of sp³-hybridized carbons (Fsp3) is 0.778. The van der Waals surface area contributed by atoms with Crippen LogP contribution in [0.5, 0.6) is 0 Å². The SMILES string of the molecule is C=CCO[C@H]1[C@H](O)[C@H]2CO[C@H](O2)[C@@H]1N=[N+]=[N-]. The van der Waals surface area contributed by atoms with Crippen LogP contribution in [0.4, 0.5) is 0 Å². The molecule has 2 bridgehead atoms. The topological polar surface area (TPSA) is 96.7 Å². The third kappa shape index (κ3) is 1.91. The second kappa shape index (κ2) is 4.82. The van der Waals surface area contributed by atoms with Crippen molar-refractivity contribution in [2.75, 3.05) is 13.2 Å². The smallest absolute Gasteiger partial charge is 0.169 e. The van der Waals surface area contributed by atoms with Gasteiger partial charge in [-0.05, 0) is 5.53 Å². The fourth-order valence-corrected chi connectivity index (χ4v) is 1.92. The summed E-state index contributed by atoms with van der Waals surface area (Å²) in [5.41, 5.74) is 8.46. The quantitative estimate of drug-likeness (QED) is 0.324. The van der Waals surface area contributed by atoms with E-state index < -0.39 is 30.6 Å². The van der Waals surface area contributed by atoms with E-state index in [1.165, 1.54) is 0 Å². The maximum Gasteiger partial charge on any atom is 0.169 e. The monoisotopic (exact) mass is 227 g/mol. The van der Waals surface area contributed by atoms with Crippen LogP contribution in [0.25, 0.3) is 10.4 Å². The molecule has 2 fully saturated rings. The van der Waals surface area contributed by atoms with Gasteiger partial charge < -0.3 is 19.3 Å². The minimum atomic E-state index is -0.853. The molecule has 0 aromatic heterocycles. The van der Waals surface area contributed by atoms with Crippen molar-refractivity contribution in [3.63, 3.8) is 0 Å². The molecule has 0 radical (unpaired) electrons. The summed E-state index contributed by atoms with van der Waals surface area (Å²) in [5, 5.41) is 13.5. The Morgan fingerprint density at radius 1 is 1.69 bits per heavy atom. The van der Waals surface area contributed by atoms with Crippen molar-refractivity contribution in [3.8, 4) is 0 Å². The third-order valence-electron chi connectivity index (χ3n) is 2.66. The Labute approximate surface area is 92.2 Å². The zero-order valence-electron chi connectivity index (χ0n) is 8.60. The van der Waals surface area contributed by atoms with E-state index >= 15 is 0 Å². The van der Waals surface area contributed by atoms with Crippen LogP contribution >= 0.6 is 0 Å². The Hall–Kier alpha value is -1.11. The van der Waals surface area contributed by atoms with Gasteiger partial charge in [-0.3, -0.25) is 0 Å². The molecule has 2 heterocycles. The van der Waals surface area contributed by atoms with Gasteiger partial charge in [0, 0.05) is 4.91 Å². The van der Waals surface area contributed by atoms with Crippen LogP contribution in [-0.2, 0) is 14.2 Å². The van der Waals surface area contributed by atoms with Crippen LogP contribution in [0.2, 0.25) is 0 Å². The first-order valence-electron chi connectivity index (χ1n) is 4.99. The van der Waals surface area contributed by atoms with Crippen molar-refractivity contribution in [1.29, 1.82) is 0 Å². The highest BCUT2D eigenvalue weighted by Crippen LogP contribution is 2.31. The van der Waals surface area contributed by atoms with Crippen molar-refractivity contribution < 1.29 is 19.3 Å². The molecule has 0 saturated carbocycles. The van der Waals surface area contributed by atoms with Gasteiger partial charge in [0.2, 0.25) is 0 Å². The molecule has 1 N–H and O–H groups in total. The first-order chi connectivity index (χ1) is 7.77. The van der Waals surface area contributed by atoms with Crippen LogP contribution in [0, 0.1) is 0 Å². The second-order valence-electron chi connectivity index (χ2n) is 3.65. The fourth-order valence-electron chi connectivity index (χ4n) is 1.92. The highest BCUT2D eigenvalue weighted by atomic mass is 16.7. The summed E-state index contributed by atoms with van der Waals surface area (Å²) in [4.78, 5) is 2.72. The first kappa shape index (κ1) is 11.4.